The molecule has 0 spiro atoms. The molecule has 0 bridgehead atoms. The van der Waals surface area contributed by atoms with E-state index in [4.69, 9.17) is 15.1 Å². The van der Waals surface area contributed by atoms with Gasteiger partial charge < -0.3 is 14.4 Å². The Labute approximate surface area is 181 Å². The van der Waals surface area contributed by atoms with E-state index in [1.165, 1.54) is 25.7 Å². The molecule has 4 aromatic rings. The first-order valence-electron chi connectivity index (χ1n) is 11.1. The van der Waals surface area contributed by atoms with Crippen molar-refractivity contribution in [2.24, 2.45) is 7.05 Å². The van der Waals surface area contributed by atoms with E-state index in [1.807, 2.05) is 28.8 Å². The van der Waals surface area contributed by atoms with Crippen LogP contribution in [0.3, 0.4) is 0 Å². The van der Waals surface area contributed by atoms with Gasteiger partial charge in [0.25, 0.3) is 0 Å². The van der Waals surface area contributed by atoms with Crippen LogP contribution in [0, 0.1) is 0 Å². The Hall–Kier alpha value is -3.42. The molecule has 3 aromatic heterocycles. The lowest BCUT2D eigenvalue weighted by Gasteiger charge is -2.21. The molecule has 0 atom stereocenters. The number of benzene rings is 1. The number of aromatic nitrogens is 6. The summed E-state index contributed by atoms with van der Waals surface area (Å²) in [5.41, 5.74) is 4.01. The van der Waals surface area contributed by atoms with Crippen molar-refractivity contribution in [3.8, 4) is 16.9 Å². The molecule has 0 aliphatic carbocycles. The van der Waals surface area contributed by atoms with Crippen LogP contribution in [0.4, 0.5) is 11.8 Å². The van der Waals surface area contributed by atoms with Gasteiger partial charge >= 0.3 is 0 Å². The Morgan fingerprint density at radius 2 is 1.55 bits per heavy atom. The number of rotatable bonds is 4. The third kappa shape index (κ3) is 3.13. The number of aryl methyl sites for hydroxylation is 1. The van der Waals surface area contributed by atoms with Crippen molar-refractivity contribution in [2.75, 3.05) is 36.0 Å². The maximum atomic E-state index is 5.10. The molecule has 6 rings (SSSR count). The molecule has 5 heterocycles. The molecule has 0 amide bonds. The zero-order valence-electron chi connectivity index (χ0n) is 17.8. The minimum atomic E-state index is 0.844. The van der Waals surface area contributed by atoms with Gasteiger partial charge in [-0.05, 0) is 37.8 Å². The molecule has 2 fully saturated rings. The Bertz CT molecular complexity index is 1200. The fraction of sp³-hybridized carbons (Fsp3) is 0.391. The van der Waals surface area contributed by atoms with Gasteiger partial charge in [0.2, 0.25) is 5.95 Å². The number of imidazole rings is 1. The number of anilines is 2. The van der Waals surface area contributed by atoms with Crippen LogP contribution < -0.4 is 9.80 Å². The lowest BCUT2D eigenvalue weighted by molar-refractivity contribution is 0.784. The fourth-order valence-electron chi connectivity index (χ4n) is 4.74. The largest absolute Gasteiger partial charge is 0.356 e. The van der Waals surface area contributed by atoms with Crippen LogP contribution in [-0.4, -0.2) is 55.5 Å². The van der Waals surface area contributed by atoms with Crippen molar-refractivity contribution in [3.05, 3.63) is 43.0 Å². The lowest BCUT2D eigenvalue weighted by Crippen LogP contribution is -2.24. The highest BCUT2D eigenvalue weighted by Crippen LogP contribution is 2.36. The minimum absolute atomic E-state index is 0.844. The van der Waals surface area contributed by atoms with Gasteiger partial charge in [0.15, 0.2) is 5.65 Å². The van der Waals surface area contributed by atoms with E-state index in [9.17, 15) is 0 Å². The Morgan fingerprint density at radius 1 is 0.839 bits per heavy atom. The van der Waals surface area contributed by atoms with Gasteiger partial charge in [-0.15, -0.1) is 0 Å². The molecule has 2 aliphatic rings. The van der Waals surface area contributed by atoms with Gasteiger partial charge in [0.1, 0.15) is 11.5 Å². The molecule has 2 aliphatic heterocycles. The second-order valence-electron chi connectivity index (χ2n) is 8.42. The van der Waals surface area contributed by atoms with Crippen LogP contribution in [0.15, 0.2) is 43.0 Å². The SMILES string of the molecule is Cn1nc(-c2ccc(-n3ccnc3)cc2)c2c(N3CCCC3)nc(N3CCCC3)nc21. The first-order chi connectivity index (χ1) is 15.3. The highest BCUT2D eigenvalue weighted by molar-refractivity contribution is 6.00. The van der Waals surface area contributed by atoms with Crippen molar-refractivity contribution in [1.82, 2.24) is 29.3 Å². The minimum Gasteiger partial charge on any atom is -0.356 e. The molecule has 0 radical (unpaired) electrons. The standard InChI is InChI=1S/C23H26N8/c1-28-21-19(20(27-28)17-6-8-18(9-7-17)31-15-10-24-16-31)22(29-11-2-3-12-29)26-23(25-21)30-13-4-5-14-30/h6-10,15-16H,2-5,11-14H2,1H3. The van der Waals surface area contributed by atoms with Gasteiger partial charge in [-0.25, -0.2) is 9.67 Å². The summed E-state index contributed by atoms with van der Waals surface area (Å²) in [7, 11) is 1.99. The van der Waals surface area contributed by atoms with Crippen molar-refractivity contribution >= 4 is 22.8 Å². The predicted octanol–water partition coefficient (Wildman–Crippen LogP) is 3.42. The van der Waals surface area contributed by atoms with Gasteiger partial charge in [-0.2, -0.15) is 15.1 Å². The Balaban J connectivity index is 1.50. The summed E-state index contributed by atoms with van der Waals surface area (Å²) < 4.78 is 3.91. The molecule has 0 unspecified atom stereocenters. The van der Waals surface area contributed by atoms with Crippen LogP contribution in [-0.2, 0) is 7.05 Å². The van der Waals surface area contributed by atoms with Crippen LogP contribution in [0.2, 0.25) is 0 Å². The predicted molar refractivity (Wildman–Crippen MR) is 122 cm³/mol. The molecule has 8 heteroatoms. The first-order valence-corrected chi connectivity index (χ1v) is 11.1. The van der Waals surface area contributed by atoms with Crippen molar-refractivity contribution in [1.29, 1.82) is 0 Å². The quantitative estimate of drug-likeness (QED) is 0.510. The molecule has 1 aromatic carbocycles. The molecule has 31 heavy (non-hydrogen) atoms. The highest BCUT2D eigenvalue weighted by atomic mass is 15.4. The fourth-order valence-corrected chi connectivity index (χ4v) is 4.74. The number of fused-ring (bicyclic) bond motifs is 1. The number of hydrogen-bond donors (Lipinski definition) is 0. The summed E-state index contributed by atoms with van der Waals surface area (Å²) in [5, 5.41) is 5.96. The molecule has 0 saturated carbocycles. The monoisotopic (exact) mass is 414 g/mol. The van der Waals surface area contributed by atoms with Crippen LogP contribution in [0.25, 0.3) is 28.0 Å². The Kier molecular flexibility index (Phi) is 4.36. The lowest BCUT2D eigenvalue weighted by atomic mass is 10.1. The van der Waals surface area contributed by atoms with Crippen molar-refractivity contribution in [3.63, 3.8) is 0 Å². The molecule has 8 nitrogen and oxygen atoms in total. The third-order valence-corrected chi connectivity index (χ3v) is 6.39. The van der Waals surface area contributed by atoms with Gasteiger partial charge in [-0.1, -0.05) is 12.1 Å². The molecular formula is C23H26N8. The van der Waals surface area contributed by atoms with Crippen LogP contribution in [0.5, 0.6) is 0 Å². The van der Waals surface area contributed by atoms with E-state index in [1.54, 1.807) is 6.20 Å². The third-order valence-electron chi connectivity index (χ3n) is 6.39. The summed E-state index contributed by atoms with van der Waals surface area (Å²) in [4.78, 5) is 18.9. The van der Waals surface area contributed by atoms with E-state index in [0.717, 1.165) is 65.9 Å². The van der Waals surface area contributed by atoms with E-state index >= 15 is 0 Å². The normalized spacial score (nSPS) is 16.7. The van der Waals surface area contributed by atoms with Crippen LogP contribution in [0.1, 0.15) is 25.7 Å². The molecule has 2 saturated heterocycles. The summed E-state index contributed by atoms with van der Waals surface area (Å²) in [6.45, 7) is 4.15. The summed E-state index contributed by atoms with van der Waals surface area (Å²) in [6.07, 6.45) is 10.4. The van der Waals surface area contributed by atoms with E-state index in [-0.39, 0.29) is 0 Å². The highest BCUT2D eigenvalue weighted by Gasteiger charge is 2.26. The topological polar surface area (TPSA) is 67.9 Å². The maximum Gasteiger partial charge on any atom is 0.229 e. The average Bonchev–Trinajstić information content (AvgIpc) is 3.62. The number of nitrogens with zero attached hydrogens (tertiary/aromatic N) is 8. The zero-order valence-corrected chi connectivity index (χ0v) is 17.8. The smallest absolute Gasteiger partial charge is 0.229 e. The first kappa shape index (κ1) is 18.4. The van der Waals surface area contributed by atoms with E-state index in [2.05, 4.69) is 39.0 Å². The average molecular weight is 415 g/mol. The number of hydrogen-bond acceptors (Lipinski definition) is 6. The van der Waals surface area contributed by atoms with E-state index in [0.29, 0.717) is 0 Å². The van der Waals surface area contributed by atoms with Gasteiger partial charge in [0, 0.05) is 56.9 Å². The second kappa shape index (κ2) is 7.37. The molecule has 0 N–H and O–H groups in total. The maximum absolute atomic E-state index is 5.10. The Morgan fingerprint density at radius 3 is 2.23 bits per heavy atom. The second-order valence-corrected chi connectivity index (χ2v) is 8.42. The van der Waals surface area contributed by atoms with Gasteiger partial charge in [0.05, 0.1) is 11.7 Å². The van der Waals surface area contributed by atoms with Crippen molar-refractivity contribution < 1.29 is 0 Å². The summed E-state index contributed by atoms with van der Waals surface area (Å²) >= 11 is 0. The van der Waals surface area contributed by atoms with E-state index < -0.39 is 0 Å². The van der Waals surface area contributed by atoms with Crippen LogP contribution >= 0.6 is 0 Å². The van der Waals surface area contributed by atoms with Gasteiger partial charge in [-0.3, -0.25) is 0 Å². The van der Waals surface area contributed by atoms with Crippen molar-refractivity contribution in [2.45, 2.75) is 25.7 Å². The molecule has 158 valence electrons. The summed E-state index contributed by atoms with van der Waals surface area (Å²) in [5.74, 6) is 1.88. The molecular weight excluding hydrogens is 388 g/mol. The zero-order chi connectivity index (χ0) is 20.8. The summed E-state index contributed by atoms with van der Waals surface area (Å²) in [6, 6.07) is 8.46.